The molecule has 0 heterocycles. The number of carbonyl (C=O) groups excluding carboxylic acids is 1. The Balaban J connectivity index is 4.42. The molecule has 0 aromatic heterocycles. The summed E-state index contributed by atoms with van der Waals surface area (Å²) in [5, 5.41) is 0. The molecule has 96 valence electrons. The summed E-state index contributed by atoms with van der Waals surface area (Å²) < 4.78 is 0. The number of nitrogens with two attached hydrogens (primary N) is 1. The molecule has 1 amide bonds. The molecule has 3 heteroatoms. The normalized spacial score (nSPS) is 13.2. The summed E-state index contributed by atoms with van der Waals surface area (Å²) in [6.07, 6.45) is 1.75. The minimum absolute atomic E-state index is 0.115. The lowest BCUT2D eigenvalue weighted by molar-refractivity contribution is -0.133. The molecule has 0 aromatic carbocycles. The fraction of sp³-hybridized carbons (Fsp3) is 0.923. The second-order valence-corrected chi connectivity index (χ2v) is 5.43. The quantitative estimate of drug-likeness (QED) is 0.726. The van der Waals surface area contributed by atoms with Crippen LogP contribution in [0.3, 0.4) is 0 Å². The fourth-order valence-electron chi connectivity index (χ4n) is 1.81. The molecule has 1 atom stereocenters. The molecule has 0 rings (SSSR count). The van der Waals surface area contributed by atoms with E-state index in [4.69, 9.17) is 5.73 Å². The monoisotopic (exact) mass is 228 g/mol. The molecule has 0 saturated carbocycles. The van der Waals surface area contributed by atoms with E-state index in [9.17, 15) is 4.79 Å². The van der Waals surface area contributed by atoms with Gasteiger partial charge in [-0.15, -0.1) is 0 Å². The maximum absolute atomic E-state index is 12.1. The van der Waals surface area contributed by atoms with Crippen molar-refractivity contribution >= 4 is 5.91 Å². The SMILES string of the molecule is CCCC(N)C(=O)N(CC(C)C)CC(C)C. The van der Waals surface area contributed by atoms with Crippen molar-refractivity contribution in [3.63, 3.8) is 0 Å². The Morgan fingerprint density at radius 1 is 1.12 bits per heavy atom. The summed E-state index contributed by atoms with van der Waals surface area (Å²) in [5.41, 5.74) is 5.89. The number of amides is 1. The van der Waals surface area contributed by atoms with E-state index in [1.807, 2.05) is 4.90 Å². The lowest BCUT2D eigenvalue weighted by Crippen LogP contribution is -2.46. The highest BCUT2D eigenvalue weighted by Crippen LogP contribution is 2.07. The van der Waals surface area contributed by atoms with Gasteiger partial charge in [0.05, 0.1) is 6.04 Å². The third kappa shape index (κ3) is 6.11. The van der Waals surface area contributed by atoms with Crippen molar-refractivity contribution in [3.05, 3.63) is 0 Å². The van der Waals surface area contributed by atoms with Crippen molar-refractivity contribution in [2.45, 2.75) is 53.5 Å². The van der Waals surface area contributed by atoms with Gasteiger partial charge in [-0.2, -0.15) is 0 Å². The molecule has 0 bridgehead atoms. The zero-order chi connectivity index (χ0) is 12.7. The molecule has 0 spiro atoms. The average molecular weight is 228 g/mol. The van der Waals surface area contributed by atoms with Crippen LogP contribution in [0.4, 0.5) is 0 Å². The average Bonchev–Trinajstić information content (AvgIpc) is 2.14. The van der Waals surface area contributed by atoms with Gasteiger partial charge in [-0.1, -0.05) is 41.0 Å². The van der Waals surface area contributed by atoms with Crippen molar-refractivity contribution < 1.29 is 4.79 Å². The van der Waals surface area contributed by atoms with Gasteiger partial charge in [0.15, 0.2) is 0 Å². The molecular weight excluding hydrogens is 200 g/mol. The summed E-state index contributed by atoms with van der Waals surface area (Å²) in [7, 11) is 0. The lowest BCUT2D eigenvalue weighted by atomic mass is 10.1. The smallest absolute Gasteiger partial charge is 0.239 e. The number of carbonyl (C=O) groups is 1. The van der Waals surface area contributed by atoms with E-state index in [0.717, 1.165) is 25.9 Å². The van der Waals surface area contributed by atoms with E-state index in [0.29, 0.717) is 11.8 Å². The zero-order valence-electron chi connectivity index (χ0n) is 11.5. The van der Waals surface area contributed by atoms with Crippen LogP contribution in [0, 0.1) is 11.8 Å². The Morgan fingerprint density at radius 3 is 1.88 bits per heavy atom. The molecule has 0 aliphatic rings. The largest absolute Gasteiger partial charge is 0.341 e. The van der Waals surface area contributed by atoms with Crippen molar-refractivity contribution in [2.75, 3.05) is 13.1 Å². The Bertz CT molecular complexity index is 192. The number of hydrogen-bond donors (Lipinski definition) is 1. The number of nitrogens with zero attached hydrogens (tertiary/aromatic N) is 1. The first-order chi connectivity index (χ1) is 7.38. The van der Waals surface area contributed by atoms with E-state index < -0.39 is 0 Å². The van der Waals surface area contributed by atoms with Gasteiger partial charge in [-0.25, -0.2) is 0 Å². The van der Waals surface area contributed by atoms with Gasteiger partial charge in [-0.3, -0.25) is 4.79 Å². The minimum Gasteiger partial charge on any atom is -0.341 e. The lowest BCUT2D eigenvalue weighted by Gasteiger charge is -2.28. The maximum Gasteiger partial charge on any atom is 0.239 e. The third-order valence-corrected chi connectivity index (χ3v) is 2.40. The van der Waals surface area contributed by atoms with Crippen LogP contribution in [0.2, 0.25) is 0 Å². The number of rotatable bonds is 7. The Morgan fingerprint density at radius 2 is 1.56 bits per heavy atom. The Labute approximate surface area is 100 Å². The van der Waals surface area contributed by atoms with Gasteiger partial charge in [0.1, 0.15) is 0 Å². The Hall–Kier alpha value is -0.570. The summed E-state index contributed by atoms with van der Waals surface area (Å²) in [5.74, 6) is 1.11. The standard InChI is InChI=1S/C13H28N2O/c1-6-7-12(14)13(16)15(8-10(2)3)9-11(4)5/h10-12H,6-9,14H2,1-5H3. The van der Waals surface area contributed by atoms with Gasteiger partial charge in [0, 0.05) is 13.1 Å². The van der Waals surface area contributed by atoms with E-state index in [1.54, 1.807) is 0 Å². The van der Waals surface area contributed by atoms with Crippen LogP contribution >= 0.6 is 0 Å². The van der Waals surface area contributed by atoms with Crippen LogP contribution in [0.25, 0.3) is 0 Å². The molecule has 2 N–H and O–H groups in total. The Kier molecular flexibility index (Phi) is 7.39. The molecule has 0 aliphatic carbocycles. The van der Waals surface area contributed by atoms with Gasteiger partial charge in [0.2, 0.25) is 5.91 Å². The van der Waals surface area contributed by atoms with Crippen molar-refractivity contribution in [1.82, 2.24) is 4.90 Å². The van der Waals surface area contributed by atoms with Gasteiger partial charge in [-0.05, 0) is 18.3 Å². The zero-order valence-corrected chi connectivity index (χ0v) is 11.5. The van der Waals surface area contributed by atoms with E-state index in [-0.39, 0.29) is 11.9 Å². The highest BCUT2D eigenvalue weighted by atomic mass is 16.2. The second-order valence-electron chi connectivity index (χ2n) is 5.43. The summed E-state index contributed by atoms with van der Waals surface area (Å²) in [6.45, 7) is 12.2. The van der Waals surface area contributed by atoms with Crippen molar-refractivity contribution in [1.29, 1.82) is 0 Å². The van der Waals surface area contributed by atoms with Crippen LogP contribution in [0.5, 0.6) is 0 Å². The van der Waals surface area contributed by atoms with Gasteiger partial charge >= 0.3 is 0 Å². The first-order valence-corrected chi connectivity index (χ1v) is 6.42. The first-order valence-electron chi connectivity index (χ1n) is 6.42. The first kappa shape index (κ1) is 15.4. The highest BCUT2D eigenvalue weighted by molar-refractivity contribution is 5.81. The molecule has 0 aliphatic heterocycles. The van der Waals surface area contributed by atoms with Crippen molar-refractivity contribution in [2.24, 2.45) is 17.6 Å². The van der Waals surface area contributed by atoms with Crippen LogP contribution in [0.15, 0.2) is 0 Å². The van der Waals surface area contributed by atoms with Crippen molar-refractivity contribution in [3.8, 4) is 0 Å². The molecule has 16 heavy (non-hydrogen) atoms. The van der Waals surface area contributed by atoms with Crippen LogP contribution in [0.1, 0.15) is 47.5 Å². The predicted molar refractivity (Wildman–Crippen MR) is 69.1 cm³/mol. The van der Waals surface area contributed by atoms with Gasteiger partial charge < -0.3 is 10.6 Å². The summed E-state index contributed by atoms with van der Waals surface area (Å²) in [6, 6.07) is -0.317. The molecular formula is C13H28N2O. The maximum atomic E-state index is 12.1. The predicted octanol–water partition coefficient (Wildman–Crippen LogP) is 2.25. The van der Waals surface area contributed by atoms with Crippen LogP contribution < -0.4 is 5.73 Å². The second kappa shape index (κ2) is 7.66. The fourth-order valence-corrected chi connectivity index (χ4v) is 1.81. The van der Waals surface area contributed by atoms with Crippen LogP contribution in [-0.2, 0) is 4.79 Å². The molecule has 0 aromatic rings. The van der Waals surface area contributed by atoms with E-state index >= 15 is 0 Å². The molecule has 3 nitrogen and oxygen atoms in total. The highest BCUT2D eigenvalue weighted by Gasteiger charge is 2.21. The topological polar surface area (TPSA) is 46.3 Å². The third-order valence-electron chi connectivity index (χ3n) is 2.40. The molecule has 0 radical (unpaired) electrons. The summed E-state index contributed by atoms with van der Waals surface area (Å²) in [4.78, 5) is 14.0. The number of hydrogen-bond acceptors (Lipinski definition) is 2. The molecule has 0 saturated heterocycles. The van der Waals surface area contributed by atoms with E-state index in [2.05, 4.69) is 34.6 Å². The van der Waals surface area contributed by atoms with Gasteiger partial charge in [0.25, 0.3) is 0 Å². The molecule has 0 fully saturated rings. The van der Waals surface area contributed by atoms with Crippen LogP contribution in [-0.4, -0.2) is 29.9 Å². The molecule has 1 unspecified atom stereocenters. The minimum atomic E-state index is -0.317. The summed E-state index contributed by atoms with van der Waals surface area (Å²) >= 11 is 0. The van der Waals surface area contributed by atoms with E-state index in [1.165, 1.54) is 0 Å².